The van der Waals surface area contributed by atoms with Crippen molar-refractivity contribution >= 4 is 5.69 Å². The number of aromatic nitrogens is 1. The largest absolute Gasteiger partial charge is 0.453 e. The Morgan fingerprint density at radius 3 is 2.74 bits per heavy atom. The molecular formula is C15H15N3O. The molecule has 0 spiro atoms. The summed E-state index contributed by atoms with van der Waals surface area (Å²) in [6.45, 7) is 3.96. The minimum absolute atomic E-state index is 0.486. The molecule has 4 heteroatoms. The third-order valence-electron chi connectivity index (χ3n) is 2.77. The number of nitrogen functional groups attached to an aromatic ring is 1. The molecule has 4 nitrogen and oxygen atoms in total. The van der Waals surface area contributed by atoms with Gasteiger partial charge in [0.2, 0.25) is 0 Å². The maximum absolute atomic E-state index is 8.90. The number of hydrogen-bond acceptors (Lipinski definition) is 4. The summed E-state index contributed by atoms with van der Waals surface area (Å²) < 4.78 is 5.79. The second-order valence-electron chi connectivity index (χ2n) is 4.22. The second-order valence-corrected chi connectivity index (χ2v) is 4.22. The quantitative estimate of drug-likeness (QED) is 0.852. The lowest BCUT2D eigenvalue weighted by molar-refractivity contribution is 0.475. The average molecular weight is 253 g/mol. The van der Waals surface area contributed by atoms with Gasteiger partial charge in [0.05, 0.1) is 23.0 Å². The number of pyridine rings is 1. The van der Waals surface area contributed by atoms with Crippen molar-refractivity contribution < 1.29 is 4.74 Å². The van der Waals surface area contributed by atoms with Gasteiger partial charge in [0.15, 0.2) is 5.75 Å². The Hall–Kier alpha value is -2.54. The van der Waals surface area contributed by atoms with Gasteiger partial charge in [0.25, 0.3) is 0 Å². The van der Waals surface area contributed by atoms with Gasteiger partial charge in [0, 0.05) is 11.8 Å². The summed E-state index contributed by atoms with van der Waals surface area (Å²) in [5, 5.41) is 8.90. The molecule has 2 aromatic rings. The zero-order valence-electron chi connectivity index (χ0n) is 11.0. The van der Waals surface area contributed by atoms with E-state index in [1.54, 1.807) is 18.2 Å². The molecule has 2 N–H and O–H groups in total. The summed E-state index contributed by atoms with van der Waals surface area (Å²) in [7, 11) is 0. The van der Waals surface area contributed by atoms with E-state index >= 15 is 0 Å². The van der Waals surface area contributed by atoms with Crippen molar-refractivity contribution in [2.24, 2.45) is 0 Å². The maximum Gasteiger partial charge on any atom is 0.151 e. The van der Waals surface area contributed by atoms with Gasteiger partial charge in [-0.25, -0.2) is 0 Å². The highest BCUT2D eigenvalue weighted by atomic mass is 16.5. The molecule has 0 aliphatic heterocycles. The van der Waals surface area contributed by atoms with Crippen LogP contribution >= 0.6 is 0 Å². The zero-order valence-corrected chi connectivity index (χ0v) is 11.0. The van der Waals surface area contributed by atoms with Crippen molar-refractivity contribution in [3.8, 4) is 17.6 Å². The fourth-order valence-electron chi connectivity index (χ4n) is 1.75. The van der Waals surface area contributed by atoms with E-state index in [2.05, 4.69) is 11.1 Å². The summed E-state index contributed by atoms with van der Waals surface area (Å²) in [5.74, 6) is 1.16. The van der Waals surface area contributed by atoms with Crippen molar-refractivity contribution in [1.82, 2.24) is 4.98 Å². The maximum atomic E-state index is 8.90. The minimum atomic E-state index is 0.486. The summed E-state index contributed by atoms with van der Waals surface area (Å²) in [5.41, 5.74) is 8.70. The molecule has 19 heavy (non-hydrogen) atoms. The van der Waals surface area contributed by atoms with Crippen LogP contribution in [0, 0.1) is 18.3 Å². The number of rotatable bonds is 3. The summed E-state index contributed by atoms with van der Waals surface area (Å²) in [4.78, 5) is 4.43. The summed E-state index contributed by atoms with van der Waals surface area (Å²) in [6, 6.07) is 10.8. The first-order valence-electron chi connectivity index (χ1n) is 6.08. The van der Waals surface area contributed by atoms with Crippen LogP contribution in [0.1, 0.15) is 23.9 Å². The Bertz CT molecular complexity index is 644. The van der Waals surface area contributed by atoms with Crippen LogP contribution < -0.4 is 10.5 Å². The first kappa shape index (κ1) is 12.9. The smallest absolute Gasteiger partial charge is 0.151 e. The van der Waals surface area contributed by atoms with Gasteiger partial charge in [-0.1, -0.05) is 6.92 Å². The zero-order chi connectivity index (χ0) is 13.8. The number of nitriles is 1. The van der Waals surface area contributed by atoms with Gasteiger partial charge in [-0.05, 0) is 37.6 Å². The van der Waals surface area contributed by atoms with Crippen LogP contribution in [-0.2, 0) is 6.42 Å². The van der Waals surface area contributed by atoms with Gasteiger partial charge in [0.1, 0.15) is 5.75 Å². The van der Waals surface area contributed by atoms with Crippen LogP contribution in [0.4, 0.5) is 5.69 Å². The molecule has 0 unspecified atom stereocenters. The van der Waals surface area contributed by atoms with Crippen molar-refractivity contribution in [2.75, 3.05) is 5.73 Å². The third-order valence-corrected chi connectivity index (χ3v) is 2.77. The van der Waals surface area contributed by atoms with Gasteiger partial charge in [-0.2, -0.15) is 5.26 Å². The van der Waals surface area contributed by atoms with E-state index in [4.69, 9.17) is 15.7 Å². The van der Waals surface area contributed by atoms with E-state index in [0.717, 1.165) is 17.8 Å². The highest BCUT2D eigenvalue weighted by molar-refractivity contribution is 5.57. The van der Waals surface area contributed by atoms with Crippen molar-refractivity contribution in [1.29, 1.82) is 5.26 Å². The first-order valence-corrected chi connectivity index (χ1v) is 6.08. The SMILES string of the molecule is CCc1nc(C)ccc1Oc1cc(C#N)ccc1N. The molecule has 0 fully saturated rings. The summed E-state index contributed by atoms with van der Waals surface area (Å²) in [6.07, 6.45) is 0.773. The highest BCUT2D eigenvalue weighted by Crippen LogP contribution is 2.30. The van der Waals surface area contributed by atoms with Crippen LogP contribution in [0.2, 0.25) is 0 Å². The van der Waals surface area contributed by atoms with E-state index in [1.165, 1.54) is 0 Å². The van der Waals surface area contributed by atoms with E-state index in [9.17, 15) is 0 Å². The molecule has 1 aromatic carbocycles. The molecule has 0 atom stereocenters. The van der Waals surface area contributed by atoms with E-state index in [-0.39, 0.29) is 0 Å². The van der Waals surface area contributed by atoms with Crippen molar-refractivity contribution in [3.63, 3.8) is 0 Å². The molecule has 0 aliphatic carbocycles. The number of ether oxygens (including phenoxy) is 1. The predicted molar refractivity (Wildman–Crippen MR) is 74.0 cm³/mol. The molecule has 0 saturated carbocycles. The lowest BCUT2D eigenvalue weighted by atomic mass is 10.2. The topological polar surface area (TPSA) is 71.9 Å². The number of nitrogens with two attached hydrogens (primary N) is 1. The molecule has 0 radical (unpaired) electrons. The third kappa shape index (κ3) is 2.83. The van der Waals surface area contributed by atoms with Crippen molar-refractivity contribution in [2.45, 2.75) is 20.3 Å². The van der Waals surface area contributed by atoms with Crippen LogP contribution in [0.25, 0.3) is 0 Å². The van der Waals surface area contributed by atoms with Crippen LogP contribution in [-0.4, -0.2) is 4.98 Å². The van der Waals surface area contributed by atoms with Crippen LogP contribution in [0.3, 0.4) is 0 Å². The van der Waals surface area contributed by atoms with Crippen LogP contribution in [0.15, 0.2) is 30.3 Å². The van der Waals surface area contributed by atoms with E-state index < -0.39 is 0 Å². The number of anilines is 1. The summed E-state index contributed by atoms with van der Waals surface area (Å²) >= 11 is 0. The molecule has 0 amide bonds. The molecule has 0 aliphatic rings. The number of benzene rings is 1. The van der Waals surface area contributed by atoms with Crippen molar-refractivity contribution in [3.05, 3.63) is 47.3 Å². The first-order chi connectivity index (χ1) is 9.13. The fourth-order valence-corrected chi connectivity index (χ4v) is 1.75. The Kier molecular flexibility index (Phi) is 3.67. The molecule has 1 aromatic heterocycles. The molecule has 0 saturated heterocycles. The fraction of sp³-hybridized carbons (Fsp3) is 0.200. The minimum Gasteiger partial charge on any atom is -0.453 e. The molecule has 1 heterocycles. The molecule has 0 bridgehead atoms. The van der Waals surface area contributed by atoms with E-state index in [0.29, 0.717) is 22.7 Å². The Balaban J connectivity index is 2.39. The van der Waals surface area contributed by atoms with Crippen LogP contribution in [0.5, 0.6) is 11.5 Å². The molecule has 2 rings (SSSR count). The molecular weight excluding hydrogens is 238 g/mol. The van der Waals surface area contributed by atoms with Gasteiger partial charge in [-0.15, -0.1) is 0 Å². The Labute approximate surface area is 112 Å². The Morgan fingerprint density at radius 1 is 1.26 bits per heavy atom. The lowest BCUT2D eigenvalue weighted by Gasteiger charge is -2.12. The predicted octanol–water partition coefficient (Wildman–Crippen LogP) is 3.20. The van der Waals surface area contributed by atoms with Gasteiger partial charge >= 0.3 is 0 Å². The van der Waals surface area contributed by atoms with Gasteiger partial charge in [-0.3, -0.25) is 4.98 Å². The number of nitrogens with zero attached hydrogens (tertiary/aromatic N) is 2. The van der Waals surface area contributed by atoms with Gasteiger partial charge < -0.3 is 10.5 Å². The normalized spacial score (nSPS) is 9.95. The molecule has 96 valence electrons. The highest BCUT2D eigenvalue weighted by Gasteiger charge is 2.08. The monoisotopic (exact) mass is 253 g/mol. The Morgan fingerprint density at radius 2 is 2.05 bits per heavy atom. The second kappa shape index (κ2) is 5.40. The number of aryl methyl sites for hydroxylation is 2. The van der Waals surface area contributed by atoms with E-state index in [1.807, 2.05) is 26.0 Å². The number of hydrogen-bond donors (Lipinski definition) is 1. The average Bonchev–Trinajstić information content (AvgIpc) is 2.43. The lowest BCUT2D eigenvalue weighted by Crippen LogP contribution is -1.98. The standard InChI is InChI=1S/C15H15N3O/c1-3-13-14(7-4-10(2)18-13)19-15-8-11(9-16)5-6-12(15)17/h4-8H,3,17H2,1-2H3.